The van der Waals surface area contributed by atoms with Crippen molar-refractivity contribution in [1.82, 2.24) is 13.7 Å². The first-order chi connectivity index (χ1) is 21.3. The Morgan fingerprint density at radius 3 is 1.14 bits per heavy atom. The zero-order chi connectivity index (χ0) is 31.8. The number of aliphatic imine (C=N–C) groups is 3. The predicted molar refractivity (Wildman–Crippen MR) is 164 cm³/mol. The summed E-state index contributed by atoms with van der Waals surface area (Å²) in [7, 11) is 0. The molecule has 44 heavy (non-hydrogen) atoms. The molecule has 0 radical (unpaired) electrons. The summed E-state index contributed by atoms with van der Waals surface area (Å²) in [6.07, 6.45) is 14.5. The highest BCUT2D eigenvalue weighted by Crippen LogP contribution is 2.37. The first-order valence-electron chi connectivity index (χ1n) is 16.5. The maximum Gasteiger partial charge on any atom is 0.336 e. The summed E-state index contributed by atoms with van der Waals surface area (Å²) in [5, 5.41) is 0. The monoisotopic (exact) mass is 610 g/mol. The van der Waals surface area contributed by atoms with E-state index in [0.29, 0.717) is 89.9 Å². The highest BCUT2D eigenvalue weighted by molar-refractivity contribution is 5.34. The lowest BCUT2D eigenvalue weighted by Crippen LogP contribution is -2.59. The molecule has 0 aromatic carbocycles. The highest BCUT2D eigenvalue weighted by Gasteiger charge is 2.37. The van der Waals surface area contributed by atoms with E-state index in [2.05, 4.69) is 15.0 Å². The van der Waals surface area contributed by atoms with Crippen LogP contribution in [0.2, 0.25) is 0 Å². The molecule has 3 saturated carbocycles. The van der Waals surface area contributed by atoms with Crippen molar-refractivity contribution in [3.8, 4) is 0 Å². The van der Waals surface area contributed by atoms with Gasteiger partial charge in [0, 0.05) is 18.1 Å². The molecule has 12 heteroatoms. The number of isocyanates is 3. The van der Waals surface area contributed by atoms with Crippen LogP contribution in [-0.2, 0) is 14.4 Å². The molecular weight excluding hydrogens is 564 g/mol. The van der Waals surface area contributed by atoms with Crippen LogP contribution < -0.4 is 17.1 Å². The molecule has 1 aromatic rings. The minimum atomic E-state index is -0.560. The first-order valence-corrected chi connectivity index (χ1v) is 16.5. The summed E-state index contributed by atoms with van der Waals surface area (Å²) >= 11 is 0. The van der Waals surface area contributed by atoms with E-state index >= 15 is 0 Å². The number of carbonyl (C=O) groups excluding carboxylic acids is 3. The molecule has 0 amide bonds. The lowest BCUT2D eigenvalue weighted by molar-refractivity contribution is 0.172. The molecule has 0 saturated heterocycles. The molecule has 0 bridgehead atoms. The number of hydrogen-bond acceptors (Lipinski definition) is 9. The molecule has 0 spiro atoms. The zero-order valence-electron chi connectivity index (χ0n) is 26.2. The van der Waals surface area contributed by atoms with Crippen LogP contribution in [0.5, 0.6) is 0 Å². The lowest BCUT2D eigenvalue weighted by atomic mass is 9.80. The van der Waals surface area contributed by atoms with E-state index in [9.17, 15) is 28.8 Å². The maximum absolute atomic E-state index is 14.4. The van der Waals surface area contributed by atoms with E-state index in [4.69, 9.17) is 0 Å². The molecule has 1 aromatic heterocycles. The second-order valence-electron chi connectivity index (χ2n) is 13.0. The smallest absolute Gasteiger partial charge is 0.247 e. The summed E-state index contributed by atoms with van der Waals surface area (Å²) in [5.74, 6) is 0.0875. The van der Waals surface area contributed by atoms with Crippen LogP contribution in [0.15, 0.2) is 29.4 Å². The molecule has 0 aliphatic heterocycles. The molecule has 0 N–H and O–H groups in total. The van der Waals surface area contributed by atoms with Gasteiger partial charge in [0.15, 0.2) is 0 Å². The largest absolute Gasteiger partial charge is 0.336 e. The topological polar surface area (TPSA) is 154 Å². The summed E-state index contributed by atoms with van der Waals surface area (Å²) in [4.78, 5) is 87.3. The van der Waals surface area contributed by atoms with Gasteiger partial charge in [-0.1, -0.05) is 13.8 Å². The molecule has 3 unspecified atom stereocenters. The number of aromatic nitrogens is 3. The van der Waals surface area contributed by atoms with Crippen molar-refractivity contribution in [3.05, 3.63) is 31.5 Å². The van der Waals surface area contributed by atoms with Gasteiger partial charge < -0.3 is 0 Å². The second-order valence-corrected chi connectivity index (χ2v) is 13.0. The molecule has 3 fully saturated rings. The van der Waals surface area contributed by atoms with Gasteiger partial charge >= 0.3 is 17.1 Å². The fourth-order valence-corrected chi connectivity index (χ4v) is 8.34. The molecular formula is C32H46N6O6. The van der Waals surface area contributed by atoms with Gasteiger partial charge in [0.25, 0.3) is 0 Å². The molecule has 240 valence electrons. The van der Waals surface area contributed by atoms with E-state index in [1.165, 1.54) is 13.7 Å². The van der Waals surface area contributed by atoms with Gasteiger partial charge in [-0.15, -0.1) is 0 Å². The van der Waals surface area contributed by atoms with Crippen LogP contribution >= 0.6 is 0 Å². The van der Waals surface area contributed by atoms with Crippen LogP contribution in [0.3, 0.4) is 0 Å². The average Bonchev–Trinajstić information content (AvgIpc) is 3.03. The van der Waals surface area contributed by atoms with Gasteiger partial charge in [-0.3, -0.25) is 0 Å². The highest BCUT2D eigenvalue weighted by atomic mass is 16.2. The summed E-state index contributed by atoms with van der Waals surface area (Å²) in [6.45, 7) is 5.83. The number of rotatable bonds is 11. The molecule has 3 aliphatic carbocycles. The van der Waals surface area contributed by atoms with Crippen LogP contribution in [0.1, 0.15) is 129 Å². The van der Waals surface area contributed by atoms with E-state index < -0.39 is 35.2 Å². The van der Waals surface area contributed by atoms with Gasteiger partial charge in [-0.05, 0) is 115 Å². The van der Waals surface area contributed by atoms with Crippen molar-refractivity contribution in [2.75, 3.05) is 0 Å². The normalized spacial score (nSPS) is 29.2. The summed E-state index contributed by atoms with van der Waals surface area (Å²) in [6, 6.07) is -1.51. The van der Waals surface area contributed by atoms with E-state index in [0.717, 1.165) is 0 Å². The third-order valence-corrected chi connectivity index (χ3v) is 10.8. The third-order valence-electron chi connectivity index (χ3n) is 10.8. The fraction of sp³-hybridized carbons (Fsp3) is 0.812. The minimum absolute atomic E-state index is 0.0198. The average molecular weight is 611 g/mol. The van der Waals surface area contributed by atoms with Crippen molar-refractivity contribution in [1.29, 1.82) is 0 Å². The third kappa shape index (κ3) is 7.09. The van der Waals surface area contributed by atoms with Crippen LogP contribution in [0.25, 0.3) is 0 Å². The molecule has 4 rings (SSSR count). The Labute approximate surface area is 257 Å². The van der Waals surface area contributed by atoms with Crippen molar-refractivity contribution < 1.29 is 14.4 Å². The van der Waals surface area contributed by atoms with E-state index in [1.807, 2.05) is 20.8 Å². The summed E-state index contributed by atoms with van der Waals surface area (Å²) in [5.41, 5.74) is -1.67. The van der Waals surface area contributed by atoms with Crippen LogP contribution in [0, 0.1) is 17.8 Å². The van der Waals surface area contributed by atoms with E-state index in [1.54, 1.807) is 18.2 Å². The number of nitrogens with zero attached hydrogens (tertiary/aromatic N) is 6. The Hall–Kier alpha value is -3.45. The molecule has 12 nitrogen and oxygen atoms in total. The SMILES string of the molecule is CCC(C1CCC(N=C=O)CC1)n1c(=O)n(C(C)C2CCC(N=C=O)CC2)c(=O)n(C(CC)C2CCC(N=C=O)CC2)c1=O. The van der Waals surface area contributed by atoms with Crippen molar-refractivity contribution in [2.45, 2.75) is 147 Å². The van der Waals surface area contributed by atoms with Crippen molar-refractivity contribution in [3.63, 3.8) is 0 Å². The van der Waals surface area contributed by atoms with Crippen LogP contribution in [0.4, 0.5) is 0 Å². The molecule has 3 atom stereocenters. The Bertz CT molecular complexity index is 1370. The van der Waals surface area contributed by atoms with Crippen LogP contribution in [-0.4, -0.2) is 50.1 Å². The quantitative estimate of drug-likeness (QED) is 0.269. The van der Waals surface area contributed by atoms with Crippen molar-refractivity contribution in [2.24, 2.45) is 32.7 Å². The van der Waals surface area contributed by atoms with E-state index in [-0.39, 0.29) is 35.9 Å². The molecule has 1 heterocycles. The van der Waals surface area contributed by atoms with Gasteiger partial charge in [-0.25, -0.2) is 57.4 Å². The predicted octanol–water partition coefficient (Wildman–Crippen LogP) is 4.32. The Balaban J connectivity index is 1.80. The summed E-state index contributed by atoms with van der Waals surface area (Å²) < 4.78 is 4.05. The lowest BCUT2D eigenvalue weighted by Gasteiger charge is -2.36. The maximum atomic E-state index is 14.4. The Morgan fingerprint density at radius 2 is 0.841 bits per heavy atom. The number of hydrogen-bond donors (Lipinski definition) is 0. The Kier molecular flexibility index (Phi) is 11.8. The second kappa shape index (κ2) is 15.5. The van der Waals surface area contributed by atoms with Gasteiger partial charge in [0.2, 0.25) is 18.2 Å². The zero-order valence-corrected chi connectivity index (χ0v) is 26.2. The molecule has 3 aliphatic rings. The van der Waals surface area contributed by atoms with Gasteiger partial charge in [-0.2, -0.15) is 0 Å². The Morgan fingerprint density at radius 1 is 0.545 bits per heavy atom. The standard InChI is InChI=1S/C32H46N6O6/c1-4-28(23-8-14-26(15-9-23)34-19-40)37-30(42)36(21(3)22-6-12-25(13-7-22)33-18-39)31(43)38(32(37)44)29(5-2)24-10-16-27(17-11-24)35-20-41/h21-29H,4-17H2,1-3H3. The minimum Gasteiger partial charge on any atom is -0.247 e. The van der Waals surface area contributed by atoms with Crippen molar-refractivity contribution >= 4 is 18.2 Å². The van der Waals surface area contributed by atoms with Gasteiger partial charge in [0.05, 0.1) is 18.1 Å². The fourth-order valence-electron chi connectivity index (χ4n) is 8.34. The van der Waals surface area contributed by atoms with Gasteiger partial charge in [0.1, 0.15) is 0 Å². The first kappa shape index (κ1) is 33.4.